The van der Waals surface area contributed by atoms with Gasteiger partial charge in [0.2, 0.25) is 0 Å². The summed E-state index contributed by atoms with van der Waals surface area (Å²) in [5.74, 6) is 1.57. The van der Waals surface area contributed by atoms with Crippen LogP contribution >= 0.6 is 15.9 Å². The largest absolute Gasteiger partial charge is 0.374 e. The maximum absolute atomic E-state index is 12.0. The van der Waals surface area contributed by atoms with Crippen molar-refractivity contribution in [3.05, 3.63) is 26.3 Å². The molecule has 0 spiro atoms. The van der Waals surface area contributed by atoms with Crippen molar-refractivity contribution in [1.82, 2.24) is 9.97 Å². The topological polar surface area (TPSA) is 55.0 Å². The smallest absolute Gasteiger partial charge is 0.265 e. The number of hydrogen-bond acceptors (Lipinski definition) is 3. The van der Waals surface area contributed by atoms with Gasteiger partial charge in [0.25, 0.3) is 5.56 Å². The molecular formula is C14H19BrN2O2. The summed E-state index contributed by atoms with van der Waals surface area (Å²) >= 11 is 3.35. The van der Waals surface area contributed by atoms with Crippen LogP contribution in [0.15, 0.2) is 9.27 Å². The molecule has 1 aromatic heterocycles. The molecule has 2 aliphatic rings. The lowest BCUT2D eigenvalue weighted by atomic mass is 9.88. The zero-order chi connectivity index (χ0) is 13.6. The number of fused-ring (bicyclic) bond motifs is 2. The van der Waals surface area contributed by atoms with E-state index in [0.717, 1.165) is 37.2 Å². The number of H-pyrrole nitrogens is 1. The highest BCUT2D eigenvalue weighted by Crippen LogP contribution is 2.43. The van der Waals surface area contributed by atoms with Gasteiger partial charge in [-0.3, -0.25) is 4.79 Å². The molecular weight excluding hydrogens is 308 g/mol. The van der Waals surface area contributed by atoms with Crippen LogP contribution in [0.4, 0.5) is 0 Å². The molecule has 0 aliphatic carbocycles. The summed E-state index contributed by atoms with van der Waals surface area (Å²) in [6.45, 7) is 4.27. The lowest BCUT2D eigenvalue weighted by molar-refractivity contribution is 0.0998. The highest BCUT2D eigenvalue weighted by atomic mass is 79.9. The molecule has 0 aromatic carbocycles. The molecule has 0 radical (unpaired) electrons. The second-order valence-electron chi connectivity index (χ2n) is 6.03. The third-order valence-electron chi connectivity index (χ3n) is 4.01. The van der Waals surface area contributed by atoms with Crippen LogP contribution in [0.2, 0.25) is 0 Å². The molecule has 2 bridgehead atoms. The first-order valence-corrected chi connectivity index (χ1v) is 7.78. The van der Waals surface area contributed by atoms with Gasteiger partial charge in [-0.2, -0.15) is 0 Å². The molecule has 0 amide bonds. The first-order chi connectivity index (χ1) is 9.04. The van der Waals surface area contributed by atoms with Crippen molar-refractivity contribution in [1.29, 1.82) is 0 Å². The van der Waals surface area contributed by atoms with Crippen LogP contribution in [0.5, 0.6) is 0 Å². The van der Waals surface area contributed by atoms with Crippen LogP contribution in [-0.4, -0.2) is 22.2 Å². The van der Waals surface area contributed by atoms with Crippen molar-refractivity contribution in [2.75, 3.05) is 0 Å². The van der Waals surface area contributed by atoms with Crippen LogP contribution in [0.1, 0.15) is 50.5 Å². The maximum atomic E-state index is 12.0. The number of aromatic amines is 1. The van der Waals surface area contributed by atoms with Gasteiger partial charge >= 0.3 is 0 Å². The highest BCUT2D eigenvalue weighted by molar-refractivity contribution is 9.10. The number of hydrogen-bond donors (Lipinski definition) is 1. The van der Waals surface area contributed by atoms with Crippen LogP contribution < -0.4 is 5.56 Å². The summed E-state index contributed by atoms with van der Waals surface area (Å²) in [5.41, 5.74) is 0.806. The minimum absolute atomic E-state index is 0.0663. The number of rotatable bonds is 3. The van der Waals surface area contributed by atoms with E-state index in [4.69, 9.17) is 9.72 Å². The first-order valence-electron chi connectivity index (χ1n) is 6.98. The number of nitrogens with zero attached hydrogens (tertiary/aromatic N) is 1. The second kappa shape index (κ2) is 5.02. The Kier molecular flexibility index (Phi) is 3.52. The Morgan fingerprint density at radius 2 is 2.26 bits per heavy atom. The van der Waals surface area contributed by atoms with Crippen molar-refractivity contribution < 1.29 is 4.74 Å². The highest BCUT2D eigenvalue weighted by Gasteiger charge is 2.42. The van der Waals surface area contributed by atoms with Crippen molar-refractivity contribution in [2.24, 2.45) is 5.92 Å². The van der Waals surface area contributed by atoms with E-state index in [1.54, 1.807) is 0 Å². The average molecular weight is 327 g/mol. The number of nitrogens with one attached hydrogen (secondary N) is 1. The molecule has 1 aromatic rings. The standard InChI is InChI=1S/C14H19BrN2O2/c1-7(2)5-10-12(15)14(18)17-13(16-10)9-6-8-3-4-11(9)19-8/h7-9,11H,3-6H2,1-2H3,(H,16,17,18). The molecule has 19 heavy (non-hydrogen) atoms. The molecule has 1 N–H and O–H groups in total. The fourth-order valence-corrected chi connectivity index (χ4v) is 3.50. The van der Waals surface area contributed by atoms with Crippen molar-refractivity contribution >= 4 is 15.9 Å². The molecule has 5 heteroatoms. The average Bonchev–Trinajstić information content (AvgIpc) is 2.96. The van der Waals surface area contributed by atoms with E-state index in [2.05, 4.69) is 34.8 Å². The Morgan fingerprint density at radius 3 is 2.84 bits per heavy atom. The lowest BCUT2D eigenvalue weighted by Crippen LogP contribution is -2.23. The molecule has 3 unspecified atom stereocenters. The third kappa shape index (κ3) is 2.50. The summed E-state index contributed by atoms with van der Waals surface area (Å²) in [6, 6.07) is 0. The van der Waals surface area contributed by atoms with Gasteiger partial charge in [-0.25, -0.2) is 4.98 Å². The second-order valence-corrected chi connectivity index (χ2v) is 6.82. The van der Waals surface area contributed by atoms with Gasteiger partial charge in [-0.05, 0) is 47.5 Å². The summed E-state index contributed by atoms with van der Waals surface area (Å²) in [5, 5.41) is 0. The van der Waals surface area contributed by atoms with Crippen LogP contribution in [0.3, 0.4) is 0 Å². The molecule has 4 nitrogen and oxygen atoms in total. The predicted octanol–water partition coefficient (Wildman–Crippen LogP) is 2.77. The van der Waals surface area contributed by atoms with Crippen molar-refractivity contribution in [3.8, 4) is 0 Å². The van der Waals surface area contributed by atoms with Gasteiger partial charge in [-0.15, -0.1) is 0 Å². The minimum atomic E-state index is -0.0663. The molecule has 0 saturated carbocycles. The number of aromatic nitrogens is 2. The SMILES string of the molecule is CC(C)Cc1nc(C2CC3CCC2O3)[nH]c(=O)c1Br. The Labute approximate surface area is 121 Å². The first kappa shape index (κ1) is 13.3. The van der Waals surface area contributed by atoms with Crippen molar-refractivity contribution in [3.63, 3.8) is 0 Å². The summed E-state index contributed by atoms with van der Waals surface area (Å²) in [6.07, 6.45) is 4.68. The van der Waals surface area contributed by atoms with Gasteiger partial charge in [0.1, 0.15) is 10.3 Å². The van der Waals surface area contributed by atoms with Gasteiger partial charge in [-0.1, -0.05) is 13.8 Å². The Balaban J connectivity index is 1.94. The molecule has 104 valence electrons. The molecule has 3 rings (SSSR count). The van der Waals surface area contributed by atoms with Crippen molar-refractivity contribution in [2.45, 2.75) is 57.7 Å². The summed E-state index contributed by atoms with van der Waals surface area (Å²) in [7, 11) is 0. The van der Waals surface area contributed by atoms with E-state index in [9.17, 15) is 4.79 Å². The Morgan fingerprint density at radius 1 is 1.47 bits per heavy atom. The van der Waals surface area contributed by atoms with Gasteiger partial charge < -0.3 is 9.72 Å². The number of ether oxygens (including phenoxy) is 1. The van der Waals surface area contributed by atoms with E-state index in [1.165, 1.54) is 0 Å². The van der Waals surface area contributed by atoms with E-state index < -0.39 is 0 Å². The fourth-order valence-electron chi connectivity index (χ4n) is 3.15. The normalized spacial score (nSPS) is 29.4. The Bertz CT molecular complexity index is 541. The molecule has 3 atom stereocenters. The van der Waals surface area contributed by atoms with Gasteiger partial charge in [0.15, 0.2) is 0 Å². The minimum Gasteiger partial charge on any atom is -0.374 e. The summed E-state index contributed by atoms with van der Waals surface area (Å²) < 4.78 is 6.43. The Hall–Kier alpha value is -0.680. The third-order valence-corrected chi connectivity index (χ3v) is 4.83. The number of halogens is 1. The summed E-state index contributed by atoms with van der Waals surface area (Å²) in [4.78, 5) is 19.6. The predicted molar refractivity (Wildman–Crippen MR) is 76.4 cm³/mol. The zero-order valence-electron chi connectivity index (χ0n) is 11.3. The van der Waals surface area contributed by atoms with Crippen LogP contribution in [0.25, 0.3) is 0 Å². The van der Waals surface area contributed by atoms with Crippen LogP contribution in [0, 0.1) is 5.92 Å². The van der Waals surface area contributed by atoms with E-state index >= 15 is 0 Å². The molecule has 2 fully saturated rings. The van der Waals surface area contributed by atoms with Gasteiger partial charge in [0, 0.05) is 5.92 Å². The maximum Gasteiger partial charge on any atom is 0.265 e. The quantitative estimate of drug-likeness (QED) is 0.929. The van der Waals surface area contributed by atoms with E-state index in [0.29, 0.717) is 16.5 Å². The van der Waals surface area contributed by atoms with Gasteiger partial charge in [0.05, 0.1) is 17.9 Å². The molecule has 2 aliphatic heterocycles. The zero-order valence-corrected chi connectivity index (χ0v) is 12.9. The lowest BCUT2D eigenvalue weighted by Gasteiger charge is -2.18. The van der Waals surface area contributed by atoms with E-state index in [-0.39, 0.29) is 17.6 Å². The molecule has 2 saturated heterocycles. The monoisotopic (exact) mass is 326 g/mol. The fraction of sp³-hybridized carbons (Fsp3) is 0.714. The van der Waals surface area contributed by atoms with E-state index in [1.807, 2.05) is 0 Å². The van der Waals surface area contributed by atoms with Crippen LogP contribution in [-0.2, 0) is 11.2 Å². The molecule has 3 heterocycles.